The molecule has 0 radical (unpaired) electrons. The molecule has 0 aliphatic heterocycles. The van der Waals surface area contributed by atoms with Crippen LogP contribution in [-0.2, 0) is 4.79 Å². The number of benzene rings is 4. The Morgan fingerprint density at radius 1 is 0.931 bits per heavy atom. The van der Waals surface area contributed by atoms with E-state index in [1.54, 1.807) is 25.3 Å². The minimum absolute atomic E-state index is 0.231. The number of carbonyl (C=O) groups is 1. The predicted molar refractivity (Wildman–Crippen MR) is 122 cm³/mol. The Balaban J connectivity index is 1.55. The summed E-state index contributed by atoms with van der Waals surface area (Å²) in [6, 6.07) is 25.3. The predicted octanol–water partition coefficient (Wildman–Crippen LogP) is 5.60. The molecule has 1 amide bonds. The van der Waals surface area contributed by atoms with Crippen LogP contribution in [0.25, 0.3) is 21.5 Å². The van der Waals surface area contributed by atoms with Gasteiger partial charge in [0.05, 0.1) is 6.21 Å². The number of rotatable bonds is 5. The van der Waals surface area contributed by atoms with Gasteiger partial charge in [0.25, 0.3) is 5.91 Å². The standard InChI is InChI=1S/C24H20ClN3O/c1-16(27-20-10-6-9-19(25)14-20)24(29)28-26-15-23-21-11-4-2-7-17(21)13-18-8-3-5-12-22(18)23/h2-16,27H,1H3,(H,28,29)/b26-15-/t16-/m1/s1. The Morgan fingerprint density at radius 3 is 2.24 bits per heavy atom. The van der Waals surface area contributed by atoms with Gasteiger partial charge in [0.1, 0.15) is 6.04 Å². The fraction of sp³-hybridized carbons (Fsp3) is 0.0833. The van der Waals surface area contributed by atoms with Crippen molar-refractivity contribution in [3.8, 4) is 0 Å². The topological polar surface area (TPSA) is 53.5 Å². The number of carbonyl (C=O) groups excluding carboxylic acids is 1. The number of hydrogen-bond donors (Lipinski definition) is 2. The molecule has 0 aromatic heterocycles. The van der Waals surface area contributed by atoms with Crippen LogP contribution < -0.4 is 10.7 Å². The van der Waals surface area contributed by atoms with Gasteiger partial charge in [-0.2, -0.15) is 5.10 Å². The van der Waals surface area contributed by atoms with Gasteiger partial charge in [-0.1, -0.05) is 66.2 Å². The average Bonchev–Trinajstić information content (AvgIpc) is 2.73. The molecule has 0 saturated heterocycles. The number of anilines is 1. The van der Waals surface area contributed by atoms with E-state index in [9.17, 15) is 4.79 Å². The van der Waals surface area contributed by atoms with Crippen molar-refractivity contribution >= 4 is 51.0 Å². The van der Waals surface area contributed by atoms with E-state index in [0.717, 1.165) is 32.8 Å². The van der Waals surface area contributed by atoms with Gasteiger partial charge in [0.2, 0.25) is 0 Å². The SMILES string of the molecule is C[C@@H](Nc1cccc(Cl)c1)C(=O)N/N=C\c1c2ccccc2cc2ccccc12. The number of hydrogen-bond acceptors (Lipinski definition) is 3. The lowest BCUT2D eigenvalue weighted by Crippen LogP contribution is -2.34. The van der Waals surface area contributed by atoms with Crippen LogP contribution in [0.1, 0.15) is 12.5 Å². The van der Waals surface area contributed by atoms with Crippen LogP contribution in [0.3, 0.4) is 0 Å². The molecule has 0 bridgehead atoms. The lowest BCUT2D eigenvalue weighted by Gasteiger charge is -2.13. The first-order chi connectivity index (χ1) is 14.1. The zero-order valence-corrected chi connectivity index (χ0v) is 16.6. The molecule has 0 heterocycles. The maximum atomic E-state index is 12.4. The number of nitrogens with zero attached hydrogens (tertiary/aromatic N) is 1. The number of hydrazone groups is 1. The number of halogens is 1. The fourth-order valence-corrected chi connectivity index (χ4v) is 3.53. The van der Waals surface area contributed by atoms with Crippen LogP contribution in [0.2, 0.25) is 5.02 Å². The molecule has 0 spiro atoms. The molecule has 0 aliphatic carbocycles. The number of amides is 1. The highest BCUT2D eigenvalue weighted by molar-refractivity contribution is 6.30. The second-order valence-electron chi connectivity index (χ2n) is 6.84. The second-order valence-corrected chi connectivity index (χ2v) is 7.28. The van der Waals surface area contributed by atoms with E-state index in [-0.39, 0.29) is 5.91 Å². The zero-order valence-electron chi connectivity index (χ0n) is 15.9. The molecule has 4 nitrogen and oxygen atoms in total. The maximum Gasteiger partial charge on any atom is 0.262 e. The maximum absolute atomic E-state index is 12.4. The van der Waals surface area contributed by atoms with Crippen LogP contribution >= 0.6 is 11.6 Å². The average molecular weight is 402 g/mol. The highest BCUT2D eigenvalue weighted by Crippen LogP contribution is 2.27. The minimum atomic E-state index is -0.463. The van der Waals surface area contributed by atoms with E-state index in [1.807, 2.05) is 36.4 Å². The van der Waals surface area contributed by atoms with Crippen molar-refractivity contribution in [2.45, 2.75) is 13.0 Å². The molecule has 29 heavy (non-hydrogen) atoms. The monoisotopic (exact) mass is 401 g/mol. The van der Waals surface area contributed by atoms with Gasteiger partial charge in [-0.3, -0.25) is 4.79 Å². The number of nitrogens with one attached hydrogen (secondary N) is 2. The zero-order chi connectivity index (χ0) is 20.2. The van der Waals surface area contributed by atoms with Crippen molar-refractivity contribution < 1.29 is 4.79 Å². The Kier molecular flexibility index (Phi) is 5.45. The Morgan fingerprint density at radius 2 is 1.59 bits per heavy atom. The third-order valence-corrected chi connectivity index (χ3v) is 5.02. The fourth-order valence-electron chi connectivity index (χ4n) is 3.34. The molecule has 4 aromatic rings. The summed E-state index contributed by atoms with van der Waals surface area (Å²) in [4.78, 5) is 12.4. The molecule has 0 fully saturated rings. The first kappa shape index (κ1) is 19.0. The summed E-state index contributed by atoms with van der Waals surface area (Å²) < 4.78 is 0. The van der Waals surface area contributed by atoms with E-state index >= 15 is 0 Å². The lowest BCUT2D eigenvalue weighted by molar-refractivity contribution is -0.121. The molecular formula is C24H20ClN3O. The van der Waals surface area contributed by atoms with Crippen molar-refractivity contribution in [2.24, 2.45) is 5.10 Å². The van der Waals surface area contributed by atoms with Gasteiger partial charge in [-0.15, -0.1) is 0 Å². The third-order valence-electron chi connectivity index (χ3n) is 4.78. The summed E-state index contributed by atoms with van der Waals surface area (Å²) >= 11 is 5.99. The molecular weight excluding hydrogens is 382 g/mol. The van der Waals surface area contributed by atoms with Crippen molar-refractivity contribution in [3.05, 3.63) is 89.4 Å². The first-order valence-corrected chi connectivity index (χ1v) is 9.75. The van der Waals surface area contributed by atoms with Crippen molar-refractivity contribution in [2.75, 3.05) is 5.32 Å². The van der Waals surface area contributed by atoms with Crippen LogP contribution in [0.15, 0.2) is 84.0 Å². The smallest absolute Gasteiger partial charge is 0.262 e. The van der Waals surface area contributed by atoms with Crippen LogP contribution in [0.4, 0.5) is 5.69 Å². The molecule has 0 saturated carbocycles. The van der Waals surface area contributed by atoms with Gasteiger partial charge in [-0.25, -0.2) is 5.43 Å². The van der Waals surface area contributed by atoms with Gasteiger partial charge in [-0.05, 0) is 52.7 Å². The Labute approximate surface area is 174 Å². The minimum Gasteiger partial charge on any atom is -0.374 e. The largest absolute Gasteiger partial charge is 0.374 e. The number of fused-ring (bicyclic) bond motifs is 2. The quantitative estimate of drug-likeness (QED) is 0.260. The normalized spacial score (nSPS) is 12.3. The van der Waals surface area contributed by atoms with Gasteiger partial charge >= 0.3 is 0 Å². The first-order valence-electron chi connectivity index (χ1n) is 9.37. The Hall–Kier alpha value is -3.37. The third kappa shape index (κ3) is 4.23. The van der Waals surface area contributed by atoms with Gasteiger partial charge < -0.3 is 5.32 Å². The summed E-state index contributed by atoms with van der Waals surface area (Å²) in [6.45, 7) is 1.78. The molecule has 0 aliphatic rings. The summed E-state index contributed by atoms with van der Waals surface area (Å²) in [5, 5.41) is 12.4. The van der Waals surface area contributed by atoms with E-state index in [0.29, 0.717) is 5.02 Å². The summed E-state index contributed by atoms with van der Waals surface area (Å²) in [5.41, 5.74) is 4.39. The van der Waals surface area contributed by atoms with Crippen LogP contribution in [-0.4, -0.2) is 18.2 Å². The second kappa shape index (κ2) is 8.33. The van der Waals surface area contributed by atoms with Crippen LogP contribution in [0, 0.1) is 0 Å². The summed E-state index contributed by atoms with van der Waals surface area (Å²) in [7, 11) is 0. The van der Waals surface area contributed by atoms with Crippen molar-refractivity contribution in [3.63, 3.8) is 0 Å². The highest BCUT2D eigenvalue weighted by Gasteiger charge is 2.12. The van der Waals surface area contributed by atoms with Gasteiger partial charge in [0, 0.05) is 16.3 Å². The van der Waals surface area contributed by atoms with E-state index in [4.69, 9.17) is 11.6 Å². The summed E-state index contributed by atoms with van der Waals surface area (Å²) in [6.07, 6.45) is 1.72. The van der Waals surface area contributed by atoms with E-state index in [2.05, 4.69) is 46.2 Å². The molecule has 4 aromatic carbocycles. The molecule has 144 valence electrons. The highest BCUT2D eigenvalue weighted by atomic mass is 35.5. The van der Waals surface area contributed by atoms with Crippen molar-refractivity contribution in [1.82, 2.24) is 5.43 Å². The molecule has 1 atom stereocenters. The molecule has 2 N–H and O–H groups in total. The summed E-state index contributed by atoms with van der Waals surface area (Å²) in [5.74, 6) is -0.231. The molecule has 0 unspecified atom stereocenters. The van der Waals surface area contributed by atoms with E-state index in [1.165, 1.54) is 0 Å². The van der Waals surface area contributed by atoms with E-state index < -0.39 is 6.04 Å². The molecule has 4 rings (SSSR count). The van der Waals surface area contributed by atoms with Crippen LogP contribution in [0.5, 0.6) is 0 Å². The van der Waals surface area contributed by atoms with Gasteiger partial charge in [0.15, 0.2) is 0 Å². The Bertz CT molecular complexity index is 1170. The van der Waals surface area contributed by atoms with Crippen molar-refractivity contribution in [1.29, 1.82) is 0 Å². The lowest BCUT2D eigenvalue weighted by atomic mass is 9.97. The molecule has 5 heteroatoms.